The van der Waals surface area contributed by atoms with Crippen LogP contribution in [0.2, 0.25) is 0 Å². The van der Waals surface area contributed by atoms with Crippen LogP contribution in [0.1, 0.15) is 161 Å². The first kappa shape index (κ1) is 72.8. The van der Waals surface area contributed by atoms with Crippen LogP contribution >= 0.6 is 0 Å². The van der Waals surface area contributed by atoms with Crippen molar-refractivity contribution in [2.75, 3.05) is 40.3 Å². The quantitative estimate of drug-likeness (QED) is 0.0228. The third-order valence-corrected chi connectivity index (χ3v) is 14.9. The number of benzene rings is 4. The minimum Gasteiger partial charge on any atom is -0.493 e. The van der Waals surface area contributed by atoms with Gasteiger partial charge >= 0.3 is 47.8 Å². The number of unbranched alkanes of at least 4 members (excludes halogenated alkanes) is 2. The summed E-state index contributed by atoms with van der Waals surface area (Å²) in [4.78, 5) is 23.0. The van der Waals surface area contributed by atoms with E-state index in [2.05, 4.69) is 15.4 Å². The second-order valence-corrected chi connectivity index (χ2v) is 20.3. The first-order valence-corrected chi connectivity index (χ1v) is 27.9. The summed E-state index contributed by atoms with van der Waals surface area (Å²) in [6, 6.07) is 21.3. The molecule has 0 heterocycles. The zero-order valence-corrected chi connectivity index (χ0v) is 49.8. The number of hydrogen-bond acceptors (Lipinski definition) is 9. The van der Waals surface area contributed by atoms with Crippen LogP contribution in [0.5, 0.6) is 11.5 Å². The molecule has 85 heavy (non-hydrogen) atoms. The summed E-state index contributed by atoms with van der Waals surface area (Å²) < 4.78 is 190. The third kappa shape index (κ3) is 18.1. The third-order valence-electron chi connectivity index (χ3n) is 14.9. The molecule has 4 aromatic rings. The van der Waals surface area contributed by atoms with E-state index < -0.39 is 53.5 Å². The molecule has 21 heteroatoms. The Hall–Kier alpha value is -6.42. The monoisotopic (exact) mass is 1220 g/mol. The molecule has 0 fully saturated rings. The summed E-state index contributed by atoms with van der Waals surface area (Å²) in [5.74, 6) is 7.27. The highest BCUT2D eigenvalue weighted by Gasteiger charge is 2.73. The van der Waals surface area contributed by atoms with Crippen molar-refractivity contribution in [3.63, 3.8) is 0 Å². The molecule has 0 aliphatic heterocycles. The van der Waals surface area contributed by atoms with E-state index >= 15 is 0 Å². The summed E-state index contributed by atoms with van der Waals surface area (Å²) >= 11 is 0. The molecule has 470 valence electrons. The van der Waals surface area contributed by atoms with Gasteiger partial charge in [-0.3, -0.25) is 9.59 Å². The van der Waals surface area contributed by atoms with E-state index in [1.807, 2.05) is 83.9 Å². The summed E-state index contributed by atoms with van der Waals surface area (Å²) in [5.41, 5.74) is -4.58. The predicted molar refractivity (Wildman–Crippen MR) is 298 cm³/mol. The lowest BCUT2D eigenvalue weighted by molar-refractivity contribution is -0.368. The highest BCUT2D eigenvalue weighted by molar-refractivity contribution is 5.69. The topological polar surface area (TPSA) is 110 Å². The Morgan fingerprint density at radius 2 is 0.812 bits per heavy atom. The van der Waals surface area contributed by atoms with Crippen molar-refractivity contribution >= 4 is 11.9 Å². The molecule has 9 nitrogen and oxygen atoms in total. The predicted octanol–water partition coefficient (Wildman–Crippen LogP) is 16.1. The minimum absolute atomic E-state index is 0.0108. The molecule has 4 aromatic carbocycles. The average Bonchev–Trinajstić information content (AvgIpc) is 1.81. The van der Waals surface area contributed by atoms with E-state index in [1.54, 1.807) is 52.0 Å². The Morgan fingerprint density at radius 1 is 0.471 bits per heavy atom. The lowest BCUT2D eigenvalue weighted by atomic mass is 9.70. The normalized spacial score (nSPS) is 12.5. The van der Waals surface area contributed by atoms with Gasteiger partial charge in [-0.15, -0.1) is 0 Å². The minimum atomic E-state index is -6.01. The Labute approximate surface area is 490 Å². The SMILES string of the molecule is CCOC(=O)CCCCOc1ccc(C(CC)(CC)c2ccc(C#CC(O)(C(F)(F)F)C(F)(F)F)c(C)c2)cc1C.CCOC(=O)CCCCOc1ccc(C(CC)(CC)c2ccc(C#CC(OCOC)(C(F)(F)F)C(F)(F)F)c(C)c2)cc1C. The molecular weight excluding hydrogens is 1140 g/mol. The van der Waals surface area contributed by atoms with Crippen LogP contribution in [0, 0.1) is 51.4 Å². The van der Waals surface area contributed by atoms with E-state index in [0.717, 1.165) is 46.4 Å². The van der Waals surface area contributed by atoms with Gasteiger partial charge < -0.3 is 33.5 Å². The molecular formula is C64H76F12O9. The van der Waals surface area contributed by atoms with Gasteiger partial charge in [0.25, 0.3) is 0 Å². The summed E-state index contributed by atoms with van der Waals surface area (Å²) in [7, 11) is 0.917. The van der Waals surface area contributed by atoms with Crippen molar-refractivity contribution in [1.82, 2.24) is 0 Å². The molecule has 1 N–H and O–H groups in total. The molecule has 0 amide bonds. The molecule has 0 atom stereocenters. The molecule has 0 bridgehead atoms. The van der Waals surface area contributed by atoms with Gasteiger partial charge in [0.15, 0.2) is 0 Å². The number of esters is 2. The van der Waals surface area contributed by atoms with Crippen LogP contribution in [0.25, 0.3) is 0 Å². The van der Waals surface area contributed by atoms with E-state index in [1.165, 1.54) is 18.1 Å². The second kappa shape index (κ2) is 31.3. The number of rotatable bonds is 25. The van der Waals surface area contributed by atoms with Crippen molar-refractivity contribution in [3.8, 4) is 35.2 Å². The molecule has 0 unspecified atom stereocenters. The van der Waals surface area contributed by atoms with E-state index in [-0.39, 0.29) is 23.1 Å². The van der Waals surface area contributed by atoms with Crippen molar-refractivity contribution in [3.05, 3.63) is 128 Å². The highest BCUT2D eigenvalue weighted by atomic mass is 19.4. The lowest BCUT2D eigenvalue weighted by Crippen LogP contribution is -2.58. The van der Waals surface area contributed by atoms with Gasteiger partial charge in [-0.1, -0.05) is 88.1 Å². The zero-order valence-electron chi connectivity index (χ0n) is 49.8. The molecule has 4 rings (SSSR count). The van der Waals surface area contributed by atoms with Crippen LogP contribution in [-0.4, -0.2) is 93.3 Å². The average molecular weight is 1220 g/mol. The zero-order chi connectivity index (χ0) is 64.2. The fraction of sp³-hybridized carbons (Fsp3) is 0.531. The van der Waals surface area contributed by atoms with Gasteiger partial charge in [-0.2, -0.15) is 52.7 Å². The highest BCUT2D eigenvalue weighted by Crippen LogP contribution is 2.47. The first-order valence-electron chi connectivity index (χ1n) is 27.9. The molecule has 0 radical (unpaired) electrons. The van der Waals surface area contributed by atoms with Gasteiger partial charge in [0.2, 0.25) is 0 Å². The van der Waals surface area contributed by atoms with Gasteiger partial charge in [0.1, 0.15) is 18.3 Å². The van der Waals surface area contributed by atoms with Crippen molar-refractivity contribution in [1.29, 1.82) is 0 Å². The number of methoxy groups -OCH3 is 1. The Morgan fingerprint density at radius 3 is 1.11 bits per heavy atom. The van der Waals surface area contributed by atoms with Crippen LogP contribution in [0.15, 0.2) is 72.8 Å². The van der Waals surface area contributed by atoms with E-state index in [9.17, 15) is 67.4 Å². The molecule has 0 aliphatic rings. The van der Waals surface area contributed by atoms with Gasteiger partial charge in [0, 0.05) is 41.9 Å². The standard InChI is InChI=1S/C33H40F6O5.C31H36F6O4/c1-7-30(8-2,27-15-16-28(24(5)21-27)43-19-11-10-12-29(40)42-9-3)26-14-13-25(23(4)20-26)17-18-31(32(34,35)36,33(37,38)39)44-22-41-6;1-6-28(7-2,25-14-15-26(22(5)20-25)41-18-10-9-11-27(38)40-8-3)24-13-12-23(21(4)19-24)16-17-29(39,30(32,33)34)31(35,36)37/h13-16,20-21H,7-12,19,22H2,1-6H3;12-15,19-20,39H,6-11,18H2,1-5H3. The van der Waals surface area contributed by atoms with E-state index in [0.29, 0.717) is 113 Å². The smallest absolute Gasteiger partial charge is 0.438 e. The summed E-state index contributed by atoms with van der Waals surface area (Å²) in [6.07, 6.45) is -17.7. The number of halogens is 12. The first-order chi connectivity index (χ1) is 39.7. The number of carbonyl (C=O) groups is 2. The molecule has 0 saturated heterocycles. The van der Waals surface area contributed by atoms with Crippen LogP contribution in [0.4, 0.5) is 52.7 Å². The molecule has 0 aliphatic carbocycles. The number of ether oxygens (including phenoxy) is 6. The van der Waals surface area contributed by atoms with Crippen molar-refractivity contribution < 1.29 is 95.8 Å². The number of hydrogen-bond donors (Lipinski definition) is 1. The lowest BCUT2D eigenvalue weighted by Gasteiger charge is -2.34. The number of aliphatic hydroxyl groups is 1. The van der Waals surface area contributed by atoms with Gasteiger partial charge in [0.05, 0.1) is 26.4 Å². The molecule has 0 aromatic heterocycles. The maximum absolute atomic E-state index is 13.7. The Bertz CT molecular complexity index is 2920. The van der Waals surface area contributed by atoms with Gasteiger partial charge in [-0.25, -0.2) is 0 Å². The molecule has 0 spiro atoms. The summed E-state index contributed by atoms with van der Waals surface area (Å²) in [6.45, 7) is 18.9. The number of aryl methyl sites for hydroxylation is 4. The Balaban J connectivity index is 0.000000446. The van der Waals surface area contributed by atoms with Crippen LogP contribution < -0.4 is 9.47 Å². The maximum atomic E-state index is 13.7. The van der Waals surface area contributed by atoms with Gasteiger partial charge in [-0.05, 0) is 174 Å². The fourth-order valence-corrected chi connectivity index (χ4v) is 9.73. The number of carbonyl (C=O) groups excluding carboxylic acids is 2. The van der Waals surface area contributed by atoms with E-state index in [4.69, 9.17) is 18.9 Å². The fourth-order valence-electron chi connectivity index (χ4n) is 9.73. The summed E-state index contributed by atoms with van der Waals surface area (Å²) in [5, 5.41) is 9.36. The maximum Gasteiger partial charge on any atom is 0.438 e. The van der Waals surface area contributed by atoms with Crippen molar-refractivity contribution in [2.24, 2.45) is 0 Å². The second-order valence-electron chi connectivity index (χ2n) is 20.3. The molecule has 0 saturated carbocycles. The Kier molecular flexibility index (Phi) is 26.8. The largest absolute Gasteiger partial charge is 0.493 e. The number of alkyl halides is 12. The van der Waals surface area contributed by atoms with Crippen molar-refractivity contribution in [2.45, 2.75) is 180 Å². The van der Waals surface area contributed by atoms with Crippen LogP contribution in [-0.2, 0) is 39.4 Å². The van der Waals surface area contributed by atoms with Crippen LogP contribution in [0.3, 0.4) is 0 Å².